The fourth-order valence-corrected chi connectivity index (χ4v) is 2.67. The van der Waals surface area contributed by atoms with Gasteiger partial charge >= 0.3 is 5.69 Å². The van der Waals surface area contributed by atoms with Crippen LogP contribution in [0.4, 0.5) is 20.2 Å². The van der Waals surface area contributed by atoms with Crippen LogP contribution in [0.2, 0.25) is 0 Å². The van der Waals surface area contributed by atoms with Crippen molar-refractivity contribution in [1.82, 2.24) is 0 Å². The van der Waals surface area contributed by atoms with E-state index in [1.165, 1.54) is 4.88 Å². The third-order valence-electron chi connectivity index (χ3n) is 2.73. The Morgan fingerprint density at radius 1 is 1.30 bits per heavy atom. The molecule has 0 amide bonds. The smallest absolute Gasteiger partial charge is 0.327 e. The van der Waals surface area contributed by atoms with E-state index in [9.17, 15) is 18.9 Å². The topological polar surface area (TPSA) is 55.2 Å². The average Bonchev–Trinajstić information content (AvgIpc) is 2.82. The number of halogens is 2. The molecule has 20 heavy (non-hydrogen) atoms. The van der Waals surface area contributed by atoms with Gasteiger partial charge in [-0.05, 0) is 18.6 Å². The Labute approximate surface area is 118 Å². The highest BCUT2D eigenvalue weighted by Crippen LogP contribution is 2.29. The highest BCUT2D eigenvalue weighted by Gasteiger charge is 2.21. The van der Waals surface area contributed by atoms with Crippen molar-refractivity contribution in [2.75, 3.05) is 5.32 Å². The summed E-state index contributed by atoms with van der Waals surface area (Å²) in [5, 5.41) is 13.5. The molecule has 1 aromatic carbocycles. The predicted octanol–water partition coefficient (Wildman–Crippen LogP) is 4.11. The number of benzene rings is 1. The van der Waals surface area contributed by atoms with Crippen LogP contribution < -0.4 is 5.32 Å². The van der Waals surface area contributed by atoms with Gasteiger partial charge in [0, 0.05) is 28.4 Å². The van der Waals surface area contributed by atoms with Crippen molar-refractivity contribution in [2.24, 2.45) is 0 Å². The summed E-state index contributed by atoms with van der Waals surface area (Å²) in [6.07, 6.45) is 0.902. The van der Waals surface area contributed by atoms with Crippen LogP contribution in [0, 0.1) is 21.7 Å². The summed E-state index contributed by atoms with van der Waals surface area (Å²) in [6, 6.07) is 5.28. The SMILES string of the molecule is CCc1ccc(CNc2cc(F)cc(F)c2[N+](=O)[O-])s1. The van der Waals surface area contributed by atoms with Crippen molar-refractivity contribution in [3.8, 4) is 0 Å². The van der Waals surface area contributed by atoms with Gasteiger partial charge in [-0.3, -0.25) is 10.1 Å². The maximum atomic E-state index is 13.4. The second kappa shape index (κ2) is 5.96. The van der Waals surface area contributed by atoms with E-state index in [4.69, 9.17) is 0 Å². The summed E-state index contributed by atoms with van der Waals surface area (Å²) in [5.41, 5.74) is -0.891. The lowest BCUT2D eigenvalue weighted by atomic mass is 10.2. The van der Waals surface area contributed by atoms with E-state index in [-0.39, 0.29) is 12.2 Å². The minimum Gasteiger partial charge on any atom is -0.374 e. The highest BCUT2D eigenvalue weighted by atomic mass is 32.1. The first-order chi connectivity index (χ1) is 9.51. The Bertz CT molecular complexity index is 643. The average molecular weight is 298 g/mol. The van der Waals surface area contributed by atoms with Gasteiger partial charge in [-0.15, -0.1) is 11.3 Å². The molecule has 0 bridgehead atoms. The van der Waals surface area contributed by atoms with Gasteiger partial charge in [0.05, 0.1) is 4.92 Å². The van der Waals surface area contributed by atoms with E-state index in [1.54, 1.807) is 11.3 Å². The Hall–Kier alpha value is -2.02. The van der Waals surface area contributed by atoms with Gasteiger partial charge in [0.15, 0.2) is 0 Å². The molecule has 1 aromatic heterocycles. The Morgan fingerprint density at radius 3 is 2.60 bits per heavy atom. The molecule has 1 N–H and O–H groups in total. The van der Waals surface area contributed by atoms with E-state index in [2.05, 4.69) is 5.32 Å². The quantitative estimate of drug-likeness (QED) is 0.667. The van der Waals surface area contributed by atoms with Gasteiger partial charge in [0.25, 0.3) is 0 Å². The van der Waals surface area contributed by atoms with Crippen LogP contribution in [0.15, 0.2) is 24.3 Å². The van der Waals surface area contributed by atoms with Crippen molar-refractivity contribution >= 4 is 22.7 Å². The Balaban J connectivity index is 2.22. The molecule has 0 fully saturated rings. The van der Waals surface area contributed by atoms with Gasteiger partial charge in [-0.2, -0.15) is 4.39 Å². The van der Waals surface area contributed by atoms with Gasteiger partial charge in [-0.1, -0.05) is 6.92 Å². The van der Waals surface area contributed by atoms with Crippen LogP contribution >= 0.6 is 11.3 Å². The minimum atomic E-state index is -1.18. The lowest BCUT2D eigenvalue weighted by molar-refractivity contribution is -0.386. The zero-order valence-corrected chi connectivity index (χ0v) is 11.5. The lowest BCUT2D eigenvalue weighted by Gasteiger charge is -2.06. The molecule has 0 aliphatic carbocycles. The standard InChI is InChI=1S/C13H12F2N2O2S/c1-2-9-3-4-10(20-9)7-16-12-6-8(14)5-11(15)13(12)17(18)19/h3-6,16H,2,7H2,1H3. The molecule has 0 radical (unpaired) electrons. The predicted molar refractivity (Wildman–Crippen MR) is 74.0 cm³/mol. The van der Waals surface area contributed by atoms with E-state index in [0.29, 0.717) is 6.07 Å². The minimum absolute atomic E-state index is 0.154. The number of thiophene rings is 1. The van der Waals surface area contributed by atoms with Crippen LogP contribution in [-0.4, -0.2) is 4.92 Å². The molecule has 0 atom stereocenters. The summed E-state index contributed by atoms with van der Waals surface area (Å²) < 4.78 is 26.6. The molecule has 0 saturated carbocycles. The summed E-state index contributed by atoms with van der Waals surface area (Å²) in [7, 11) is 0. The van der Waals surface area contributed by atoms with Gasteiger partial charge in [-0.25, -0.2) is 4.39 Å². The molecule has 2 rings (SSSR count). The van der Waals surface area contributed by atoms with Crippen molar-refractivity contribution < 1.29 is 13.7 Å². The van der Waals surface area contributed by atoms with E-state index in [1.807, 2.05) is 19.1 Å². The number of aryl methyl sites for hydroxylation is 1. The number of nitrogens with zero attached hydrogens (tertiary/aromatic N) is 1. The van der Waals surface area contributed by atoms with Crippen molar-refractivity contribution in [3.05, 3.63) is 55.8 Å². The maximum absolute atomic E-state index is 13.4. The molecule has 0 unspecified atom stereocenters. The highest BCUT2D eigenvalue weighted by molar-refractivity contribution is 7.12. The molecular formula is C13H12F2N2O2S. The number of hydrogen-bond donors (Lipinski definition) is 1. The van der Waals surface area contributed by atoms with Crippen LogP contribution in [0.25, 0.3) is 0 Å². The third kappa shape index (κ3) is 3.11. The molecule has 2 aromatic rings. The van der Waals surface area contributed by atoms with Crippen LogP contribution in [0.5, 0.6) is 0 Å². The van der Waals surface area contributed by atoms with Crippen molar-refractivity contribution in [3.63, 3.8) is 0 Å². The van der Waals surface area contributed by atoms with Crippen LogP contribution in [0.1, 0.15) is 16.7 Å². The van der Waals surface area contributed by atoms with Crippen molar-refractivity contribution in [1.29, 1.82) is 0 Å². The van der Waals surface area contributed by atoms with Gasteiger partial charge in [0.2, 0.25) is 5.82 Å². The Kier molecular flexibility index (Phi) is 4.29. The molecule has 0 aliphatic heterocycles. The first-order valence-corrected chi connectivity index (χ1v) is 6.77. The number of hydrogen-bond acceptors (Lipinski definition) is 4. The monoisotopic (exact) mass is 298 g/mol. The number of nitro groups is 1. The number of rotatable bonds is 5. The normalized spacial score (nSPS) is 10.6. The summed E-state index contributed by atoms with van der Waals surface area (Å²) in [5.74, 6) is -2.03. The van der Waals surface area contributed by atoms with Crippen LogP contribution in [0.3, 0.4) is 0 Å². The summed E-state index contributed by atoms with van der Waals surface area (Å²) in [6.45, 7) is 2.31. The number of anilines is 1. The zero-order valence-electron chi connectivity index (χ0n) is 10.7. The van der Waals surface area contributed by atoms with Crippen LogP contribution in [-0.2, 0) is 13.0 Å². The lowest BCUT2D eigenvalue weighted by Crippen LogP contribution is -2.04. The Morgan fingerprint density at radius 2 is 2.00 bits per heavy atom. The molecule has 0 saturated heterocycles. The zero-order chi connectivity index (χ0) is 14.7. The van der Waals surface area contributed by atoms with Gasteiger partial charge in [0.1, 0.15) is 11.5 Å². The first-order valence-electron chi connectivity index (χ1n) is 5.96. The fourth-order valence-electron chi connectivity index (χ4n) is 1.78. The molecule has 106 valence electrons. The second-order valence-electron chi connectivity index (χ2n) is 4.12. The molecule has 0 spiro atoms. The molecule has 4 nitrogen and oxygen atoms in total. The maximum Gasteiger partial charge on any atom is 0.327 e. The summed E-state index contributed by atoms with van der Waals surface area (Å²) >= 11 is 1.55. The number of nitro benzene ring substituents is 1. The van der Waals surface area contributed by atoms with E-state index in [0.717, 1.165) is 17.4 Å². The van der Waals surface area contributed by atoms with Gasteiger partial charge < -0.3 is 5.32 Å². The molecular weight excluding hydrogens is 286 g/mol. The largest absolute Gasteiger partial charge is 0.374 e. The van der Waals surface area contributed by atoms with E-state index >= 15 is 0 Å². The van der Waals surface area contributed by atoms with E-state index < -0.39 is 22.2 Å². The molecule has 1 heterocycles. The number of nitrogens with one attached hydrogen (secondary N) is 1. The summed E-state index contributed by atoms with van der Waals surface area (Å²) in [4.78, 5) is 12.1. The molecule has 0 aliphatic rings. The first kappa shape index (κ1) is 14.4. The molecule has 7 heteroatoms. The van der Waals surface area contributed by atoms with Crippen molar-refractivity contribution in [2.45, 2.75) is 19.9 Å². The second-order valence-corrected chi connectivity index (χ2v) is 5.37. The fraction of sp³-hybridized carbons (Fsp3) is 0.231. The third-order valence-corrected chi connectivity index (χ3v) is 3.96.